The molecule has 0 saturated heterocycles. The highest BCUT2D eigenvalue weighted by Gasteiger charge is 2.18. The first-order valence-corrected chi connectivity index (χ1v) is 15.3. The Morgan fingerprint density at radius 2 is 0.643 bits per heavy atom. The van der Waals surface area contributed by atoms with Crippen LogP contribution in [0.2, 0.25) is 0 Å². The monoisotopic (exact) mass is 549 g/mol. The fourth-order valence-electron chi connectivity index (χ4n) is 6.64. The fourth-order valence-corrected chi connectivity index (χ4v) is 6.64. The van der Waals surface area contributed by atoms with Gasteiger partial charge >= 0.3 is 0 Å². The lowest BCUT2D eigenvalue weighted by atomic mass is 10.0. The highest BCUT2D eigenvalue weighted by atomic mass is 15.0. The van der Waals surface area contributed by atoms with Gasteiger partial charge < -0.3 is 13.7 Å². The average Bonchev–Trinajstić information content (AvgIpc) is 3.69. The molecule has 42 heavy (non-hydrogen) atoms. The van der Waals surface area contributed by atoms with Crippen molar-refractivity contribution in [2.24, 2.45) is 0 Å². The van der Waals surface area contributed by atoms with Crippen LogP contribution >= 0.6 is 0 Å². The van der Waals surface area contributed by atoms with Crippen molar-refractivity contribution in [2.75, 3.05) is 0 Å². The third-order valence-electron chi connectivity index (χ3n) is 8.82. The summed E-state index contributed by atoms with van der Waals surface area (Å²) in [5.74, 6) is 1.30. The number of para-hydroxylation sites is 3. The Morgan fingerprint density at radius 1 is 0.381 bits per heavy atom. The van der Waals surface area contributed by atoms with Crippen LogP contribution in [-0.2, 0) is 0 Å². The molecule has 0 N–H and O–H groups in total. The van der Waals surface area contributed by atoms with E-state index in [1.807, 2.05) is 0 Å². The van der Waals surface area contributed by atoms with Crippen LogP contribution in [0.25, 0.3) is 49.8 Å². The molecule has 0 aliphatic carbocycles. The summed E-state index contributed by atoms with van der Waals surface area (Å²) in [6, 6.07) is 33.5. The Labute approximate surface area is 248 Å². The molecule has 0 amide bonds. The molecule has 0 bridgehead atoms. The number of hydrogen-bond acceptors (Lipinski definition) is 0. The Morgan fingerprint density at radius 3 is 0.905 bits per heavy atom. The van der Waals surface area contributed by atoms with Gasteiger partial charge in [-0.2, -0.15) is 0 Å². The molecule has 7 rings (SSSR count). The number of benzene rings is 4. The summed E-state index contributed by atoms with van der Waals surface area (Å²) < 4.78 is 7.17. The molecular formula is C39H39N3. The first-order valence-electron chi connectivity index (χ1n) is 15.3. The van der Waals surface area contributed by atoms with Gasteiger partial charge in [-0.15, -0.1) is 0 Å². The average molecular weight is 550 g/mol. The molecule has 0 radical (unpaired) electrons. The predicted octanol–water partition coefficient (Wildman–Crippen LogP) is 10.9. The van der Waals surface area contributed by atoms with Crippen molar-refractivity contribution in [3.05, 3.63) is 126 Å². The second-order valence-corrected chi connectivity index (χ2v) is 12.6. The van der Waals surface area contributed by atoms with Gasteiger partial charge in [0.25, 0.3) is 0 Å². The van der Waals surface area contributed by atoms with E-state index in [1.54, 1.807) is 0 Å². The van der Waals surface area contributed by atoms with Gasteiger partial charge in [0.2, 0.25) is 0 Å². The van der Waals surface area contributed by atoms with Gasteiger partial charge in [0.05, 0.1) is 16.6 Å². The predicted molar refractivity (Wildman–Crippen MR) is 179 cm³/mol. The largest absolute Gasteiger partial charge is 0.316 e. The summed E-state index contributed by atoms with van der Waals surface area (Å²) in [6.07, 6.45) is 7.04. The molecule has 0 spiro atoms. The number of nitrogens with zero attached hydrogens (tertiary/aromatic N) is 3. The highest BCUT2D eigenvalue weighted by molar-refractivity contribution is 5.89. The van der Waals surface area contributed by atoms with E-state index in [0.29, 0.717) is 17.8 Å². The quantitative estimate of drug-likeness (QED) is 0.196. The van der Waals surface area contributed by atoms with Gasteiger partial charge in [-0.3, -0.25) is 0 Å². The van der Waals surface area contributed by atoms with Crippen molar-refractivity contribution >= 4 is 32.7 Å². The van der Waals surface area contributed by atoms with Gasteiger partial charge in [0.15, 0.2) is 0 Å². The van der Waals surface area contributed by atoms with E-state index in [-0.39, 0.29) is 0 Å². The second-order valence-electron chi connectivity index (χ2n) is 12.6. The third-order valence-corrected chi connectivity index (χ3v) is 8.82. The first-order chi connectivity index (χ1) is 20.3. The van der Waals surface area contributed by atoms with Crippen molar-refractivity contribution in [3.8, 4) is 17.1 Å². The van der Waals surface area contributed by atoms with E-state index >= 15 is 0 Å². The number of aromatic nitrogens is 3. The topological polar surface area (TPSA) is 14.8 Å². The lowest BCUT2D eigenvalue weighted by Gasteiger charge is -2.15. The van der Waals surface area contributed by atoms with Crippen LogP contribution in [0.4, 0.5) is 0 Å². The third kappa shape index (κ3) is 4.18. The van der Waals surface area contributed by atoms with E-state index in [9.17, 15) is 0 Å². The van der Waals surface area contributed by atoms with Gasteiger partial charge in [0.1, 0.15) is 0 Å². The molecule has 210 valence electrons. The van der Waals surface area contributed by atoms with Crippen LogP contribution in [0.5, 0.6) is 0 Å². The smallest absolute Gasteiger partial charge is 0.0531 e. The van der Waals surface area contributed by atoms with Gasteiger partial charge in [-0.25, -0.2) is 0 Å². The van der Waals surface area contributed by atoms with E-state index < -0.39 is 0 Å². The minimum absolute atomic E-state index is 0.433. The van der Waals surface area contributed by atoms with Crippen molar-refractivity contribution in [3.63, 3.8) is 0 Å². The Balaban J connectivity index is 1.56. The van der Waals surface area contributed by atoms with Gasteiger partial charge in [0, 0.05) is 51.8 Å². The zero-order valence-electron chi connectivity index (χ0n) is 25.5. The number of hydrogen-bond donors (Lipinski definition) is 0. The first kappa shape index (κ1) is 26.4. The van der Waals surface area contributed by atoms with E-state index in [2.05, 4.69) is 165 Å². The number of rotatable bonds is 6. The van der Waals surface area contributed by atoms with Crippen LogP contribution in [0.3, 0.4) is 0 Å². The van der Waals surface area contributed by atoms with Gasteiger partial charge in [-0.1, -0.05) is 96.1 Å². The number of fused-ring (bicyclic) bond motifs is 3. The normalized spacial score (nSPS) is 12.2. The molecule has 3 heterocycles. The Kier molecular flexibility index (Phi) is 6.35. The standard InChI is InChI=1S/C39H39N3/c1-25(2)34-22-40(37-16-10-7-13-31(34)37)28-19-29(41-23-35(26(3)4)32-14-8-11-17-38(32)41)21-30(20-28)42-24-36(27(5)6)33-15-9-12-18-39(33)42/h7-27H,1-6H3. The SMILES string of the molecule is CC(C)c1cn(-c2cc(-n3cc(C(C)C)c4ccccc43)cc(-n3cc(C(C)C)c4ccccc43)c2)c2ccccc12. The van der Waals surface area contributed by atoms with Crippen molar-refractivity contribution in [1.82, 2.24) is 13.7 Å². The molecule has 0 fully saturated rings. The summed E-state index contributed by atoms with van der Waals surface area (Å²) in [4.78, 5) is 0. The molecule has 3 heteroatoms. The van der Waals surface area contributed by atoms with E-state index in [4.69, 9.17) is 0 Å². The van der Waals surface area contributed by atoms with Crippen LogP contribution < -0.4 is 0 Å². The molecule has 3 aromatic heterocycles. The van der Waals surface area contributed by atoms with Crippen molar-refractivity contribution < 1.29 is 0 Å². The van der Waals surface area contributed by atoms with Crippen LogP contribution in [0.15, 0.2) is 110 Å². The maximum Gasteiger partial charge on any atom is 0.0531 e. The Hall–Kier alpha value is -4.50. The van der Waals surface area contributed by atoms with E-state index in [1.165, 1.54) is 66.5 Å². The summed E-state index contributed by atoms with van der Waals surface area (Å²) in [7, 11) is 0. The van der Waals surface area contributed by atoms with Crippen molar-refractivity contribution in [2.45, 2.75) is 59.3 Å². The molecule has 7 aromatic rings. The molecule has 0 saturated carbocycles. The second kappa shape index (κ2) is 10.1. The lowest BCUT2D eigenvalue weighted by molar-refractivity contribution is 0.867. The molecule has 0 aliphatic rings. The molecule has 0 atom stereocenters. The summed E-state index contributed by atoms with van der Waals surface area (Å²) in [6.45, 7) is 13.7. The zero-order valence-corrected chi connectivity index (χ0v) is 25.5. The summed E-state index contributed by atoms with van der Waals surface area (Å²) in [5.41, 5.74) is 11.3. The maximum absolute atomic E-state index is 2.39. The highest BCUT2D eigenvalue weighted by Crippen LogP contribution is 2.36. The summed E-state index contributed by atoms with van der Waals surface area (Å²) >= 11 is 0. The van der Waals surface area contributed by atoms with E-state index in [0.717, 1.165) is 0 Å². The van der Waals surface area contributed by atoms with Crippen molar-refractivity contribution in [1.29, 1.82) is 0 Å². The summed E-state index contributed by atoms with van der Waals surface area (Å²) in [5, 5.41) is 3.96. The minimum atomic E-state index is 0.433. The Bertz CT molecular complexity index is 1830. The lowest BCUT2D eigenvalue weighted by Crippen LogP contribution is -2.02. The maximum atomic E-state index is 2.39. The van der Waals surface area contributed by atoms with Crippen LogP contribution in [0, 0.1) is 0 Å². The molecule has 3 nitrogen and oxygen atoms in total. The molecule has 0 aliphatic heterocycles. The minimum Gasteiger partial charge on any atom is -0.316 e. The zero-order chi connectivity index (χ0) is 29.1. The molecule has 0 unspecified atom stereocenters. The molecular weight excluding hydrogens is 510 g/mol. The molecule has 4 aromatic carbocycles. The van der Waals surface area contributed by atoms with Crippen LogP contribution in [-0.4, -0.2) is 13.7 Å². The fraction of sp³-hybridized carbons (Fsp3) is 0.231. The van der Waals surface area contributed by atoms with Crippen LogP contribution in [0.1, 0.15) is 76.0 Å². The van der Waals surface area contributed by atoms with Gasteiger partial charge in [-0.05, 0) is 70.8 Å².